The number of carbonyl (C=O) groups is 2. The number of nitro groups is 1. The van der Waals surface area contributed by atoms with Gasteiger partial charge in [-0.3, -0.25) is 19.9 Å². The van der Waals surface area contributed by atoms with E-state index in [2.05, 4.69) is 15.3 Å². The SMILES string of the molecule is Cc1c(NC(=O)COC(=O)c2cc(-c3ccncc3)nc3ccccc23)cccc1[N+](=O)[O-]. The summed E-state index contributed by atoms with van der Waals surface area (Å²) in [6.07, 6.45) is 3.26. The van der Waals surface area contributed by atoms with Gasteiger partial charge in [0.1, 0.15) is 0 Å². The summed E-state index contributed by atoms with van der Waals surface area (Å²) >= 11 is 0. The molecule has 2 aromatic heterocycles. The first kappa shape index (κ1) is 21.6. The number of aromatic nitrogens is 2. The van der Waals surface area contributed by atoms with Crippen LogP contribution in [0, 0.1) is 17.0 Å². The van der Waals surface area contributed by atoms with E-state index >= 15 is 0 Å². The van der Waals surface area contributed by atoms with Crippen molar-refractivity contribution in [1.82, 2.24) is 9.97 Å². The Balaban J connectivity index is 1.54. The predicted octanol–water partition coefficient (Wildman–Crippen LogP) is 4.31. The van der Waals surface area contributed by atoms with Gasteiger partial charge >= 0.3 is 5.97 Å². The monoisotopic (exact) mass is 442 g/mol. The molecule has 33 heavy (non-hydrogen) atoms. The summed E-state index contributed by atoms with van der Waals surface area (Å²) in [5.74, 6) is -1.30. The first-order valence-electron chi connectivity index (χ1n) is 9.95. The molecule has 164 valence electrons. The van der Waals surface area contributed by atoms with Crippen molar-refractivity contribution in [3.63, 3.8) is 0 Å². The Morgan fingerprint density at radius 2 is 1.82 bits per heavy atom. The number of hydrogen-bond donors (Lipinski definition) is 1. The fourth-order valence-corrected chi connectivity index (χ4v) is 3.37. The van der Waals surface area contributed by atoms with Gasteiger partial charge in [0.05, 0.1) is 32.9 Å². The van der Waals surface area contributed by atoms with Gasteiger partial charge < -0.3 is 10.1 Å². The first-order chi connectivity index (χ1) is 15.9. The highest BCUT2D eigenvalue weighted by atomic mass is 16.6. The van der Waals surface area contributed by atoms with E-state index in [1.165, 1.54) is 19.1 Å². The minimum atomic E-state index is -0.685. The van der Waals surface area contributed by atoms with Crippen molar-refractivity contribution in [2.75, 3.05) is 11.9 Å². The van der Waals surface area contributed by atoms with E-state index in [4.69, 9.17) is 4.74 Å². The zero-order valence-corrected chi connectivity index (χ0v) is 17.5. The lowest BCUT2D eigenvalue weighted by Crippen LogP contribution is -2.21. The molecule has 2 aromatic carbocycles. The topological polar surface area (TPSA) is 124 Å². The zero-order valence-electron chi connectivity index (χ0n) is 17.5. The van der Waals surface area contributed by atoms with Crippen LogP contribution in [0.1, 0.15) is 15.9 Å². The maximum Gasteiger partial charge on any atom is 0.339 e. The van der Waals surface area contributed by atoms with Gasteiger partial charge in [0.15, 0.2) is 6.61 Å². The van der Waals surface area contributed by atoms with E-state index < -0.39 is 23.4 Å². The van der Waals surface area contributed by atoms with Crippen molar-refractivity contribution in [2.24, 2.45) is 0 Å². The number of nitrogens with one attached hydrogen (secondary N) is 1. The molecule has 0 spiro atoms. The Hall–Kier alpha value is -4.66. The highest BCUT2D eigenvalue weighted by molar-refractivity contribution is 6.05. The molecular formula is C24H18N4O5. The van der Waals surface area contributed by atoms with Crippen molar-refractivity contribution in [3.05, 3.63) is 94.3 Å². The van der Waals surface area contributed by atoms with Gasteiger partial charge in [-0.05, 0) is 37.3 Å². The number of nitrogens with zero attached hydrogens (tertiary/aromatic N) is 3. The second kappa shape index (κ2) is 9.23. The Labute approximate surface area is 188 Å². The van der Waals surface area contributed by atoms with Crippen LogP contribution >= 0.6 is 0 Å². The zero-order chi connectivity index (χ0) is 23.4. The van der Waals surface area contributed by atoms with Gasteiger partial charge in [-0.1, -0.05) is 24.3 Å². The number of amides is 1. The Morgan fingerprint density at radius 3 is 2.58 bits per heavy atom. The van der Waals surface area contributed by atoms with E-state index in [9.17, 15) is 19.7 Å². The van der Waals surface area contributed by atoms with Crippen molar-refractivity contribution >= 4 is 34.2 Å². The summed E-state index contributed by atoms with van der Waals surface area (Å²) in [7, 11) is 0. The van der Waals surface area contributed by atoms with E-state index in [1.54, 1.807) is 54.9 Å². The minimum absolute atomic E-state index is 0.114. The van der Waals surface area contributed by atoms with Crippen molar-refractivity contribution in [3.8, 4) is 11.3 Å². The molecule has 0 aliphatic carbocycles. The number of carbonyl (C=O) groups excluding carboxylic acids is 2. The van der Waals surface area contributed by atoms with Crippen LogP contribution in [0.2, 0.25) is 0 Å². The maximum atomic E-state index is 12.9. The molecule has 0 saturated carbocycles. The Bertz CT molecular complexity index is 1370. The molecule has 4 aromatic rings. The molecular weight excluding hydrogens is 424 g/mol. The number of anilines is 1. The predicted molar refractivity (Wildman–Crippen MR) is 122 cm³/mol. The molecule has 0 radical (unpaired) electrons. The summed E-state index contributed by atoms with van der Waals surface area (Å²) in [4.78, 5) is 44.4. The van der Waals surface area contributed by atoms with Crippen molar-refractivity contribution in [1.29, 1.82) is 0 Å². The fraction of sp³-hybridized carbons (Fsp3) is 0.0833. The quantitative estimate of drug-likeness (QED) is 0.268. The van der Waals surface area contributed by atoms with Gasteiger partial charge in [0.2, 0.25) is 0 Å². The largest absolute Gasteiger partial charge is 0.452 e. The highest BCUT2D eigenvalue weighted by Crippen LogP contribution is 2.26. The fourth-order valence-electron chi connectivity index (χ4n) is 3.37. The minimum Gasteiger partial charge on any atom is -0.452 e. The van der Waals surface area contributed by atoms with Crippen LogP contribution in [0.5, 0.6) is 0 Å². The van der Waals surface area contributed by atoms with E-state index in [-0.39, 0.29) is 16.9 Å². The number of fused-ring (bicyclic) bond motifs is 1. The van der Waals surface area contributed by atoms with Crippen LogP contribution < -0.4 is 5.32 Å². The summed E-state index contributed by atoms with van der Waals surface area (Å²) < 4.78 is 5.25. The van der Waals surface area contributed by atoms with Crippen LogP contribution in [0.15, 0.2) is 73.1 Å². The molecule has 0 unspecified atom stereocenters. The van der Waals surface area contributed by atoms with Gasteiger partial charge in [-0.25, -0.2) is 9.78 Å². The van der Waals surface area contributed by atoms with Crippen LogP contribution in [0.4, 0.5) is 11.4 Å². The number of benzene rings is 2. The van der Waals surface area contributed by atoms with E-state index in [1.807, 2.05) is 6.07 Å². The first-order valence-corrected chi connectivity index (χ1v) is 9.95. The Kier molecular flexibility index (Phi) is 6.03. The third-order valence-corrected chi connectivity index (χ3v) is 5.02. The van der Waals surface area contributed by atoms with Crippen LogP contribution in [-0.4, -0.2) is 33.4 Å². The molecule has 9 heteroatoms. The van der Waals surface area contributed by atoms with Gasteiger partial charge in [0, 0.05) is 29.4 Å². The van der Waals surface area contributed by atoms with Crippen molar-refractivity contribution in [2.45, 2.75) is 6.92 Å². The molecule has 0 aliphatic heterocycles. The summed E-state index contributed by atoms with van der Waals surface area (Å²) in [5, 5.41) is 14.2. The second-order valence-corrected chi connectivity index (χ2v) is 7.14. The Morgan fingerprint density at radius 1 is 1.06 bits per heavy atom. The molecule has 0 atom stereocenters. The molecule has 0 bridgehead atoms. The molecule has 1 N–H and O–H groups in total. The van der Waals surface area contributed by atoms with Gasteiger partial charge in [0.25, 0.3) is 11.6 Å². The lowest BCUT2D eigenvalue weighted by molar-refractivity contribution is -0.385. The summed E-state index contributed by atoms with van der Waals surface area (Å²) in [5.41, 5.74) is 2.70. The van der Waals surface area contributed by atoms with E-state index in [0.717, 1.165) is 5.56 Å². The molecule has 0 fully saturated rings. The molecule has 9 nitrogen and oxygen atoms in total. The smallest absolute Gasteiger partial charge is 0.339 e. The average Bonchev–Trinajstić information content (AvgIpc) is 2.83. The van der Waals surface area contributed by atoms with Gasteiger partial charge in [-0.2, -0.15) is 0 Å². The summed E-state index contributed by atoms with van der Waals surface area (Å²) in [6, 6.07) is 16.7. The number of ether oxygens (including phenoxy) is 1. The molecule has 0 aliphatic rings. The molecule has 2 heterocycles. The number of para-hydroxylation sites is 1. The third-order valence-electron chi connectivity index (χ3n) is 5.02. The van der Waals surface area contributed by atoms with E-state index in [0.29, 0.717) is 22.2 Å². The summed E-state index contributed by atoms with van der Waals surface area (Å²) in [6.45, 7) is 0.978. The molecule has 0 saturated heterocycles. The number of nitro benzene ring substituents is 1. The standard InChI is InChI=1S/C24H18N4O5/c1-15-19(7-4-8-22(15)28(31)32)27-23(29)14-33-24(30)18-13-21(16-9-11-25-12-10-16)26-20-6-3-2-5-17(18)20/h2-13H,14H2,1H3,(H,27,29). The lowest BCUT2D eigenvalue weighted by Gasteiger charge is -2.11. The van der Waals surface area contributed by atoms with Crippen molar-refractivity contribution < 1.29 is 19.2 Å². The molecule has 1 amide bonds. The average molecular weight is 442 g/mol. The van der Waals surface area contributed by atoms with Crippen LogP contribution in [0.3, 0.4) is 0 Å². The number of esters is 1. The third kappa shape index (κ3) is 4.67. The number of hydrogen-bond acceptors (Lipinski definition) is 7. The highest BCUT2D eigenvalue weighted by Gasteiger charge is 2.18. The van der Waals surface area contributed by atoms with Gasteiger partial charge in [-0.15, -0.1) is 0 Å². The maximum absolute atomic E-state index is 12.9. The lowest BCUT2D eigenvalue weighted by atomic mass is 10.0. The second-order valence-electron chi connectivity index (χ2n) is 7.14. The number of rotatable bonds is 6. The number of pyridine rings is 2. The van der Waals surface area contributed by atoms with Crippen LogP contribution in [-0.2, 0) is 9.53 Å². The normalized spacial score (nSPS) is 10.6. The van der Waals surface area contributed by atoms with Crippen LogP contribution in [0.25, 0.3) is 22.2 Å². The molecule has 4 rings (SSSR count).